The van der Waals surface area contributed by atoms with E-state index in [1.807, 2.05) is 0 Å². The molecule has 2 heterocycles. The van der Waals surface area contributed by atoms with Crippen molar-refractivity contribution in [3.05, 3.63) is 73.3 Å². The smallest absolute Gasteiger partial charge is 0.338 e. The molecule has 3 rings (SSSR count). The van der Waals surface area contributed by atoms with E-state index in [9.17, 15) is 20.2 Å². The Hall–Kier alpha value is -3.75. The van der Waals surface area contributed by atoms with Crippen LogP contribution in [0.15, 0.2) is 39.3 Å². The van der Waals surface area contributed by atoms with Crippen molar-refractivity contribution >= 4 is 23.5 Å². The first-order valence-electron chi connectivity index (χ1n) is 7.51. The largest absolute Gasteiger partial charge is 0.456 e. The summed E-state index contributed by atoms with van der Waals surface area (Å²) in [6.45, 7) is 3.24. The van der Waals surface area contributed by atoms with Gasteiger partial charge in [0.25, 0.3) is 5.69 Å². The van der Waals surface area contributed by atoms with Crippen LogP contribution in [-0.4, -0.2) is 15.0 Å². The van der Waals surface area contributed by atoms with Gasteiger partial charge in [-0.2, -0.15) is 0 Å². The Kier molecular flexibility index (Phi) is 4.36. The lowest BCUT2D eigenvalue weighted by molar-refractivity contribution is -0.386. The highest BCUT2D eigenvalue weighted by Gasteiger charge is 2.22. The molecule has 9 nitrogen and oxygen atoms in total. The normalized spacial score (nSPS) is 11.2. The van der Waals surface area contributed by atoms with Crippen LogP contribution < -0.4 is 0 Å². The van der Waals surface area contributed by atoms with E-state index in [0.29, 0.717) is 17.1 Å². The number of hydrogen-bond acceptors (Lipinski definition) is 7. The highest BCUT2D eigenvalue weighted by molar-refractivity contribution is 5.74. The fraction of sp³-hybridized carbons (Fsp3) is 0.118. The lowest BCUT2D eigenvalue weighted by Crippen LogP contribution is -1.92. The molecule has 132 valence electrons. The van der Waals surface area contributed by atoms with Crippen LogP contribution in [0.4, 0.5) is 11.4 Å². The molecule has 0 saturated carbocycles. The van der Waals surface area contributed by atoms with Gasteiger partial charge in [0.15, 0.2) is 5.69 Å². The van der Waals surface area contributed by atoms with E-state index in [0.717, 1.165) is 5.56 Å². The predicted octanol–water partition coefficient (Wildman–Crippen LogP) is 4.54. The van der Waals surface area contributed by atoms with Gasteiger partial charge >= 0.3 is 5.69 Å². The summed E-state index contributed by atoms with van der Waals surface area (Å²) in [6.07, 6.45) is 2.83. The first-order valence-corrected chi connectivity index (χ1v) is 7.51. The highest BCUT2D eigenvalue weighted by Crippen LogP contribution is 2.32. The molecule has 0 N–H and O–H groups in total. The van der Waals surface area contributed by atoms with E-state index in [4.69, 9.17) is 8.94 Å². The number of benzene rings is 1. The fourth-order valence-corrected chi connectivity index (χ4v) is 2.46. The zero-order valence-corrected chi connectivity index (χ0v) is 13.8. The molecule has 0 fully saturated rings. The van der Waals surface area contributed by atoms with Crippen molar-refractivity contribution in [1.29, 1.82) is 0 Å². The van der Waals surface area contributed by atoms with E-state index in [1.54, 1.807) is 31.2 Å². The third kappa shape index (κ3) is 3.22. The molecule has 0 saturated heterocycles. The number of aromatic nitrogens is 1. The lowest BCUT2D eigenvalue weighted by Gasteiger charge is -2.00. The molecule has 3 aromatic rings. The second-order valence-electron chi connectivity index (χ2n) is 5.55. The van der Waals surface area contributed by atoms with Crippen LogP contribution in [-0.2, 0) is 0 Å². The number of aryl methyl sites for hydroxylation is 2. The van der Waals surface area contributed by atoms with Gasteiger partial charge in [0, 0.05) is 6.07 Å². The van der Waals surface area contributed by atoms with Gasteiger partial charge in [-0.1, -0.05) is 11.2 Å². The number of rotatable bonds is 5. The van der Waals surface area contributed by atoms with Gasteiger partial charge in [0.05, 0.1) is 15.4 Å². The molecule has 1 aromatic carbocycles. The van der Waals surface area contributed by atoms with Crippen molar-refractivity contribution < 1.29 is 18.8 Å². The SMILES string of the molecule is Cc1ccc(-c2ccc(/C=C\c3onc(C)c3[N+](=O)[O-])o2)c([N+](=O)[O-])c1. The van der Waals surface area contributed by atoms with Crippen molar-refractivity contribution in [3.8, 4) is 11.3 Å². The molecular weight excluding hydrogens is 342 g/mol. The molecule has 0 unspecified atom stereocenters. The summed E-state index contributed by atoms with van der Waals surface area (Å²) in [7, 11) is 0. The van der Waals surface area contributed by atoms with E-state index in [2.05, 4.69) is 5.16 Å². The molecule has 0 aliphatic carbocycles. The minimum absolute atomic E-state index is 0.00762. The van der Waals surface area contributed by atoms with Crippen LogP contribution in [0.3, 0.4) is 0 Å². The van der Waals surface area contributed by atoms with Crippen molar-refractivity contribution in [2.75, 3.05) is 0 Å². The number of nitro groups is 2. The number of nitro benzene ring substituents is 1. The molecule has 26 heavy (non-hydrogen) atoms. The number of furan rings is 1. The standard InChI is InChI=1S/C17H13N3O6/c1-10-3-6-13(14(9-10)19(21)22)15-7-4-12(25-15)5-8-16-17(20(23)24)11(2)18-26-16/h3-9H,1-2H3/b8-5-. The zero-order chi connectivity index (χ0) is 18.8. The summed E-state index contributed by atoms with van der Waals surface area (Å²) in [5.41, 5.74) is 1.01. The Labute approximate surface area is 146 Å². The monoisotopic (exact) mass is 355 g/mol. The molecular formula is C17H13N3O6. The van der Waals surface area contributed by atoms with E-state index in [1.165, 1.54) is 25.1 Å². The summed E-state index contributed by atoms with van der Waals surface area (Å²) in [6, 6.07) is 8.03. The number of hydrogen-bond donors (Lipinski definition) is 0. The Morgan fingerprint density at radius 2 is 1.81 bits per heavy atom. The molecule has 0 atom stereocenters. The van der Waals surface area contributed by atoms with Crippen LogP contribution >= 0.6 is 0 Å². The van der Waals surface area contributed by atoms with Crippen molar-refractivity contribution in [2.45, 2.75) is 13.8 Å². The van der Waals surface area contributed by atoms with Crippen LogP contribution in [0.25, 0.3) is 23.5 Å². The molecule has 9 heteroatoms. The van der Waals surface area contributed by atoms with E-state index < -0.39 is 9.85 Å². The zero-order valence-electron chi connectivity index (χ0n) is 13.8. The minimum Gasteiger partial charge on any atom is -0.456 e. The second-order valence-corrected chi connectivity index (χ2v) is 5.55. The molecule has 0 bridgehead atoms. The number of nitrogens with zero attached hydrogens (tertiary/aromatic N) is 3. The van der Waals surface area contributed by atoms with E-state index >= 15 is 0 Å². The quantitative estimate of drug-likeness (QED) is 0.486. The fourth-order valence-electron chi connectivity index (χ4n) is 2.46. The third-order valence-electron chi connectivity index (χ3n) is 3.68. The summed E-state index contributed by atoms with van der Waals surface area (Å²) < 4.78 is 10.5. The molecule has 0 amide bonds. The van der Waals surface area contributed by atoms with Gasteiger partial charge in [-0.05, 0) is 49.8 Å². The molecule has 0 aliphatic heterocycles. The summed E-state index contributed by atoms with van der Waals surface area (Å²) in [4.78, 5) is 21.2. The van der Waals surface area contributed by atoms with Crippen LogP contribution in [0.5, 0.6) is 0 Å². The molecule has 2 aromatic heterocycles. The average Bonchev–Trinajstić information content (AvgIpc) is 3.19. The maximum Gasteiger partial charge on any atom is 0.338 e. The van der Waals surface area contributed by atoms with Gasteiger partial charge in [-0.25, -0.2) is 0 Å². The maximum atomic E-state index is 11.2. The first kappa shape index (κ1) is 17.1. The molecule has 0 aliphatic rings. The Bertz CT molecular complexity index is 1030. The highest BCUT2D eigenvalue weighted by atomic mass is 16.6. The third-order valence-corrected chi connectivity index (χ3v) is 3.68. The van der Waals surface area contributed by atoms with E-state index in [-0.39, 0.29) is 22.8 Å². The van der Waals surface area contributed by atoms with Gasteiger partial charge in [0.2, 0.25) is 5.76 Å². The second kappa shape index (κ2) is 6.63. The maximum absolute atomic E-state index is 11.2. The van der Waals surface area contributed by atoms with Gasteiger partial charge in [-0.15, -0.1) is 0 Å². The van der Waals surface area contributed by atoms with Crippen molar-refractivity contribution in [3.63, 3.8) is 0 Å². The molecule has 0 radical (unpaired) electrons. The van der Waals surface area contributed by atoms with Gasteiger partial charge < -0.3 is 8.94 Å². The van der Waals surface area contributed by atoms with Gasteiger partial charge in [0.1, 0.15) is 11.5 Å². The Morgan fingerprint density at radius 1 is 1.04 bits per heavy atom. The minimum atomic E-state index is -0.575. The summed E-state index contributed by atoms with van der Waals surface area (Å²) in [5, 5.41) is 25.8. The lowest BCUT2D eigenvalue weighted by atomic mass is 10.1. The average molecular weight is 355 g/mol. The Balaban J connectivity index is 1.92. The van der Waals surface area contributed by atoms with Crippen LogP contribution in [0, 0.1) is 34.1 Å². The molecule has 0 spiro atoms. The van der Waals surface area contributed by atoms with Crippen LogP contribution in [0.2, 0.25) is 0 Å². The van der Waals surface area contributed by atoms with Gasteiger partial charge in [-0.3, -0.25) is 20.2 Å². The predicted molar refractivity (Wildman–Crippen MR) is 92.4 cm³/mol. The van der Waals surface area contributed by atoms with Crippen molar-refractivity contribution in [2.24, 2.45) is 0 Å². The first-order chi connectivity index (χ1) is 12.4. The topological polar surface area (TPSA) is 125 Å². The van der Waals surface area contributed by atoms with Crippen molar-refractivity contribution in [1.82, 2.24) is 5.16 Å². The summed E-state index contributed by atoms with van der Waals surface area (Å²) >= 11 is 0. The summed E-state index contributed by atoms with van der Waals surface area (Å²) in [5.74, 6) is 0.671. The Morgan fingerprint density at radius 3 is 2.50 bits per heavy atom. The van der Waals surface area contributed by atoms with Crippen LogP contribution in [0.1, 0.15) is 22.8 Å².